The van der Waals surface area contributed by atoms with E-state index in [-0.39, 0.29) is 6.04 Å². The van der Waals surface area contributed by atoms with Gasteiger partial charge in [0, 0.05) is 6.04 Å². The molecule has 0 radical (unpaired) electrons. The second-order valence-corrected chi connectivity index (χ2v) is 7.89. The van der Waals surface area contributed by atoms with Crippen molar-refractivity contribution in [2.75, 3.05) is 11.9 Å². The zero-order valence-corrected chi connectivity index (χ0v) is 16.0. The Morgan fingerprint density at radius 2 is 1.75 bits per heavy atom. The summed E-state index contributed by atoms with van der Waals surface area (Å²) < 4.78 is 7.28. The van der Waals surface area contributed by atoms with Gasteiger partial charge in [-0.25, -0.2) is 9.97 Å². The molecule has 2 aromatic heterocycles. The lowest BCUT2D eigenvalue weighted by molar-refractivity contribution is -0.0501. The summed E-state index contributed by atoms with van der Waals surface area (Å²) in [5, 5.41) is 34.1. The van der Waals surface area contributed by atoms with Crippen molar-refractivity contribution in [2.45, 2.75) is 43.4 Å². The van der Waals surface area contributed by atoms with Crippen LogP contribution in [0.4, 0.5) is 5.95 Å². The molecule has 1 aliphatic carbocycles. The molecule has 1 saturated carbocycles. The highest BCUT2D eigenvalue weighted by atomic mass is 35.5. The van der Waals surface area contributed by atoms with E-state index in [0.717, 1.165) is 12.8 Å². The molecule has 9 nitrogen and oxygen atoms in total. The third-order valence-corrected chi connectivity index (χ3v) is 5.74. The Hall–Kier alpha value is -1.75. The summed E-state index contributed by atoms with van der Waals surface area (Å²) in [6.45, 7) is -0.421. The molecule has 3 aromatic rings. The van der Waals surface area contributed by atoms with Gasteiger partial charge in [-0.15, -0.1) is 0 Å². The Labute approximate surface area is 168 Å². The Kier molecular flexibility index (Phi) is 4.34. The molecule has 28 heavy (non-hydrogen) atoms. The number of hydrogen-bond acceptors (Lipinski definition) is 8. The van der Waals surface area contributed by atoms with Crippen LogP contribution in [-0.4, -0.2) is 65.8 Å². The molecule has 0 amide bonds. The summed E-state index contributed by atoms with van der Waals surface area (Å²) in [7, 11) is 0. The molecular weight excluding hydrogens is 409 g/mol. The van der Waals surface area contributed by atoms with Gasteiger partial charge in [-0.1, -0.05) is 23.2 Å². The van der Waals surface area contributed by atoms with Gasteiger partial charge < -0.3 is 25.4 Å². The topological polar surface area (TPSA) is 126 Å². The van der Waals surface area contributed by atoms with E-state index in [0.29, 0.717) is 38.3 Å². The number of nitrogens with zero attached hydrogens (tertiary/aromatic N) is 4. The predicted octanol–water partition coefficient (Wildman–Crippen LogP) is 1.47. The van der Waals surface area contributed by atoms with E-state index in [2.05, 4.69) is 20.3 Å². The maximum absolute atomic E-state index is 10.5. The average Bonchev–Trinajstić information content (AvgIpc) is 3.36. The first-order chi connectivity index (χ1) is 13.5. The maximum atomic E-state index is 10.5. The molecule has 1 saturated heterocycles. The van der Waals surface area contributed by atoms with E-state index in [1.54, 1.807) is 16.7 Å². The van der Waals surface area contributed by atoms with Crippen LogP contribution < -0.4 is 5.32 Å². The quantitative estimate of drug-likeness (QED) is 0.494. The van der Waals surface area contributed by atoms with Gasteiger partial charge in [-0.2, -0.15) is 4.98 Å². The fraction of sp³-hybridized carbons (Fsp3) is 0.471. The molecule has 1 aromatic carbocycles. The number of nitrogens with one attached hydrogen (secondary N) is 1. The molecule has 4 atom stereocenters. The Morgan fingerprint density at radius 3 is 2.36 bits per heavy atom. The van der Waals surface area contributed by atoms with Crippen molar-refractivity contribution < 1.29 is 20.1 Å². The summed E-state index contributed by atoms with van der Waals surface area (Å²) in [4.78, 5) is 13.6. The van der Waals surface area contributed by atoms with Gasteiger partial charge >= 0.3 is 0 Å². The van der Waals surface area contributed by atoms with E-state index in [1.165, 1.54) is 0 Å². The van der Waals surface area contributed by atoms with E-state index < -0.39 is 31.1 Å². The first-order valence-corrected chi connectivity index (χ1v) is 9.65. The highest BCUT2D eigenvalue weighted by molar-refractivity contribution is 6.42. The zero-order valence-electron chi connectivity index (χ0n) is 14.5. The minimum atomic E-state index is -1.26. The van der Waals surface area contributed by atoms with Gasteiger partial charge in [-0.3, -0.25) is 4.57 Å². The molecule has 1 unspecified atom stereocenters. The highest BCUT2D eigenvalue weighted by Gasteiger charge is 2.45. The largest absolute Gasteiger partial charge is 0.394 e. The van der Waals surface area contributed by atoms with Gasteiger partial charge in [0.05, 0.1) is 27.7 Å². The van der Waals surface area contributed by atoms with Gasteiger partial charge in [0.15, 0.2) is 17.5 Å². The summed E-state index contributed by atoms with van der Waals surface area (Å²) in [6, 6.07) is 3.49. The van der Waals surface area contributed by atoms with Crippen LogP contribution in [0.25, 0.3) is 22.3 Å². The molecule has 1 aliphatic heterocycles. The Balaban J connectivity index is 1.70. The van der Waals surface area contributed by atoms with Gasteiger partial charge in [0.2, 0.25) is 5.95 Å². The van der Waals surface area contributed by atoms with Crippen LogP contribution in [0.15, 0.2) is 12.1 Å². The fourth-order valence-electron chi connectivity index (χ4n) is 3.37. The van der Waals surface area contributed by atoms with Gasteiger partial charge in [0.25, 0.3) is 0 Å². The minimum absolute atomic E-state index is 0.269. The van der Waals surface area contributed by atoms with Crippen molar-refractivity contribution in [3.8, 4) is 0 Å². The van der Waals surface area contributed by atoms with Crippen LogP contribution in [0.5, 0.6) is 0 Å². The minimum Gasteiger partial charge on any atom is -0.394 e. The summed E-state index contributed by atoms with van der Waals surface area (Å²) in [5.74, 6) is 0.430. The molecule has 148 valence electrons. The molecule has 11 heteroatoms. The van der Waals surface area contributed by atoms with Crippen molar-refractivity contribution in [2.24, 2.45) is 0 Å². The van der Waals surface area contributed by atoms with Crippen LogP contribution in [0.2, 0.25) is 10.0 Å². The lowest BCUT2D eigenvalue weighted by Crippen LogP contribution is -2.33. The van der Waals surface area contributed by atoms with Crippen molar-refractivity contribution in [3.05, 3.63) is 22.2 Å². The number of aliphatic hydroxyl groups excluding tert-OH is 3. The fourth-order valence-corrected chi connectivity index (χ4v) is 3.69. The molecule has 0 bridgehead atoms. The normalized spacial score (nSPS) is 27.8. The molecule has 2 fully saturated rings. The number of ether oxygens (including phenoxy) is 1. The first kappa shape index (κ1) is 18.3. The average molecular weight is 426 g/mol. The van der Waals surface area contributed by atoms with Crippen molar-refractivity contribution >= 4 is 51.5 Å². The second kappa shape index (κ2) is 6.65. The number of halogens is 2. The third-order valence-electron chi connectivity index (χ3n) is 5.02. The number of rotatable bonds is 4. The smallest absolute Gasteiger partial charge is 0.209 e. The second-order valence-electron chi connectivity index (χ2n) is 7.08. The zero-order chi connectivity index (χ0) is 19.6. The van der Waals surface area contributed by atoms with E-state index in [1.807, 2.05) is 0 Å². The van der Waals surface area contributed by atoms with Crippen LogP contribution in [0.1, 0.15) is 19.1 Å². The monoisotopic (exact) mass is 425 g/mol. The van der Waals surface area contributed by atoms with E-state index >= 15 is 0 Å². The van der Waals surface area contributed by atoms with Crippen molar-refractivity contribution in [1.82, 2.24) is 19.5 Å². The number of hydrogen-bond donors (Lipinski definition) is 4. The number of anilines is 1. The number of fused-ring (bicyclic) bond motifs is 2. The predicted molar refractivity (Wildman–Crippen MR) is 103 cm³/mol. The summed E-state index contributed by atoms with van der Waals surface area (Å²) >= 11 is 12.2. The molecule has 3 heterocycles. The molecule has 4 N–H and O–H groups in total. The summed E-state index contributed by atoms with van der Waals surface area (Å²) in [6.07, 6.45) is -2.37. The van der Waals surface area contributed by atoms with Crippen molar-refractivity contribution in [3.63, 3.8) is 0 Å². The SMILES string of the molecule is OC[C@H]1OC(n2c(NC3CC3)nc3nc4cc(Cl)c(Cl)cc4nc32)[C@H](O)[C@@H]1O. The van der Waals surface area contributed by atoms with Crippen LogP contribution >= 0.6 is 23.2 Å². The lowest BCUT2D eigenvalue weighted by atomic mass is 10.1. The Bertz CT molecular complexity index is 1070. The highest BCUT2D eigenvalue weighted by Crippen LogP contribution is 2.36. The van der Waals surface area contributed by atoms with E-state index in [4.69, 9.17) is 27.9 Å². The lowest BCUT2D eigenvalue weighted by Gasteiger charge is -2.19. The van der Waals surface area contributed by atoms with Crippen molar-refractivity contribution in [1.29, 1.82) is 0 Å². The molecule has 2 aliphatic rings. The number of aromatic nitrogens is 4. The Morgan fingerprint density at radius 1 is 1.07 bits per heavy atom. The van der Waals surface area contributed by atoms with Crippen LogP contribution in [0.3, 0.4) is 0 Å². The maximum Gasteiger partial charge on any atom is 0.209 e. The van der Waals surface area contributed by atoms with Gasteiger partial charge in [-0.05, 0) is 25.0 Å². The van der Waals surface area contributed by atoms with Gasteiger partial charge in [0.1, 0.15) is 18.3 Å². The first-order valence-electron chi connectivity index (χ1n) is 8.90. The number of aliphatic hydroxyl groups is 3. The van der Waals surface area contributed by atoms with E-state index in [9.17, 15) is 15.3 Å². The van der Waals surface area contributed by atoms with Crippen LogP contribution in [0, 0.1) is 0 Å². The molecular formula is C17H17Cl2N5O4. The third kappa shape index (κ3) is 2.90. The molecule has 5 rings (SSSR count). The summed E-state index contributed by atoms with van der Waals surface area (Å²) in [5.41, 5.74) is 1.74. The number of benzene rings is 1. The molecule has 0 spiro atoms. The van der Waals surface area contributed by atoms with Crippen LogP contribution in [-0.2, 0) is 4.74 Å². The number of imidazole rings is 1. The standard InChI is InChI=1S/C17H17Cl2N5O4/c18-7-3-9-10(4-8(7)19)22-15-14(21-9)23-17(20-6-1-2-6)24(15)16-13(27)12(26)11(5-25)28-16/h3-4,6,11-13,16,25-27H,1-2,5H2,(H,20,21,23)/t11-,12-,13-,16?/m1/s1.